The Labute approximate surface area is 150 Å². The molecule has 6 heteroatoms. The molecule has 0 radical (unpaired) electrons. The summed E-state index contributed by atoms with van der Waals surface area (Å²) in [6.07, 6.45) is 2.23. The van der Waals surface area contributed by atoms with Gasteiger partial charge in [-0.2, -0.15) is 0 Å². The molecule has 126 valence electrons. The van der Waals surface area contributed by atoms with Gasteiger partial charge in [0.25, 0.3) is 0 Å². The van der Waals surface area contributed by atoms with Gasteiger partial charge in [0.15, 0.2) is 5.96 Å². The molecule has 1 rings (SSSR count). The molecule has 0 bridgehead atoms. The molecule has 5 nitrogen and oxygen atoms in total. The maximum atomic E-state index is 5.71. The molecule has 1 aromatic carbocycles. The predicted octanol–water partition coefficient (Wildman–Crippen LogP) is 2.79. The minimum Gasteiger partial charge on any atom is -0.494 e. The van der Waals surface area contributed by atoms with Crippen molar-refractivity contribution in [3.05, 3.63) is 29.8 Å². The quantitative estimate of drug-likeness (QED) is 0.279. The number of nitrogens with zero attached hydrogens (tertiary/aromatic N) is 1. The Morgan fingerprint density at radius 1 is 1.23 bits per heavy atom. The van der Waals surface area contributed by atoms with E-state index in [1.807, 2.05) is 12.1 Å². The smallest absolute Gasteiger partial charge is 0.191 e. The first-order valence-electron chi connectivity index (χ1n) is 7.45. The molecular formula is C16H28IN3O2. The zero-order valence-electron chi connectivity index (χ0n) is 13.7. The number of aliphatic imine (C=N–C) groups is 1. The van der Waals surface area contributed by atoms with Crippen LogP contribution in [0, 0.1) is 0 Å². The van der Waals surface area contributed by atoms with E-state index in [9.17, 15) is 0 Å². The van der Waals surface area contributed by atoms with Crippen LogP contribution < -0.4 is 15.4 Å². The van der Waals surface area contributed by atoms with E-state index in [2.05, 4.69) is 34.7 Å². The number of hydrogen-bond acceptors (Lipinski definition) is 3. The molecular weight excluding hydrogens is 393 g/mol. The molecule has 0 saturated heterocycles. The van der Waals surface area contributed by atoms with Crippen LogP contribution in [-0.4, -0.2) is 39.9 Å². The molecule has 0 atom stereocenters. The van der Waals surface area contributed by atoms with Gasteiger partial charge in [0.2, 0.25) is 0 Å². The van der Waals surface area contributed by atoms with Crippen LogP contribution in [0.5, 0.6) is 5.75 Å². The van der Waals surface area contributed by atoms with Gasteiger partial charge in [-0.25, -0.2) is 0 Å². The predicted molar refractivity (Wildman–Crippen MR) is 102 cm³/mol. The zero-order chi connectivity index (χ0) is 15.3. The molecule has 0 aliphatic rings. The van der Waals surface area contributed by atoms with Crippen molar-refractivity contribution in [1.29, 1.82) is 0 Å². The van der Waals surface area contributed by atoms with Gasteiger partial charge in [-0.05, 0) is 24.1 Å². The number of ether oxygens (including phenoxy) is 2. The number of halogens is 1. The van der Waals surface area contributed by atoms with Crippen molar-refractivity contribution >= 4 is 29.9 Å². The first-order valence-corrected chi connectivity index (χ1v) is 7.45. The Kier molecular flexibility index (Phi) is 13.0. The molecule has 0 spiro atoms. The van der Waals surface area contributed by atoms with E-state index in [1.165, 1.54) is 5.56 Å². The van der Waals surface area contributed by atoms with Crippen LogP contribution in [0.2, 0.25) is 0 Å². The highest BCUT2D eigenvalue weighted by Gasteiger charge is 2.00. The van der Waals surface area contributed by atoms with Gasteiger partial charge in [-0.15, -0.1) is 24.0 Å². The van der Waals surface area contributed by atoms with Crippen molar-refractivity contribution in [2.24, 2.45) is 4.99 Å². The van der Waals surface area contributed by atoms with E-state index < -0.39 is 0 Å². The Bertz CT molecular complexity index is 428. The monoisotopic (exact) mass is 421 g/mol. The van der Waals surface area contributed by atoms with Crippen molar-refractivity contribution < 1.29 is 9.47 Å². The maximum absolute atomic E-state index is 5.71. The Morgan fingerprint density at radius 3 is 2.73 bits per heavy atom. The summed E-state index contributed by atoms with van der Waals surface area (Å²) in [6.45, 7) is 5.02. The van der Waals surface area contributed by atoms with Crippen molar-refractivity contribution in [3.63, 3.8) is 0 Å². The number of nitrogens with one attached hydrogen (secondary N) is 2. The van der Waals surface area contributed by atoms with Crippen LogP contribution in [0.3, 0.4) is 0 Å². The lowest BCUT2D eigenvalue weighted by Gasteiger charge is -2.12. The van der Waals surface area contributed by atoms with E-state index in [0.717, 1.165) is 37.7 Å². The van der Waals surface area contributed by atoms with E-state index in [4.69, 9.17) is 9.47 Å². The third-order valence-electron chi connectivity index (χ3n) is 2.95. The van der Waals surface area contributed by atoms with Gasteiger partial charge in [0.05, 0.1) is 13.2 Å². The fraction of sp³-hybridized carbons (Fsp3) is 0.562. The van der Waals surface area contributed by atoms with Crippen molar-refractivity contribution in [1.82, 2.24) is 10.6 Å². The lowest BCUT2D eigenvalue weighted by atomic mass is 10.2. The van der Waals surface area contributed by atoms with E-state index >= 15 is 0 Å². The average molecular weight is 421 g/mol. The standard InChI is InChI=1S/C16H27N3O2.HI/c1-4-5-10-21-15-8-6-7-14(12-15)13-19-16(17-2)18-9-11-20-3;/h6-8,12H,4-5,9-11,13H2,1-3H3,(H2,17,18,19);1H. The summed E-state index contributed by atoms with van der Waals surface area (Å²) in [4.78, 5) is 4.17. The van der Waals surface area contributed by atoms with Gasteiger partial charge >= 0.3 is 0 Å². The van der Waals surface area contributed by atoms with Crippen molar-refractivity contribution in [2.75, 3.05) is 33.9 Å². The Hall–Kier alpha value is -1.02. The molecule has 0 unspecified atom stereocenters. The van der Waals surface area contributed by atoms with Crippen LogP contribution in [0.4, 0.5) is 0 Å². The fourth-order valence-corrected chi connectivity index (χ4v) is 1.76. The molecule has 0 aliphatic heterocycles. The minimum absolute atomic E-state index is 0. The summed E-state index contributed by atoms with van der Waals surface area (Å²) >= 11 is 0. The highest BCUT2D eigenvalue weighted by atomic mass is 127. The molecule has 0 amide bonds. The Morgan fingerprint density at radius 2 is 2.05 bits per heavy atom. The van der Waals surface area contributed by atoms with Gasteiger partial charge in [-0.1, -0.05) is 25.5 Å². The second-order valence-corrected chi connectivity index (χ2v) is 4.69. The lowest BCUT2D eigenvalue weighted by Crippen LogP contribution is -2.38. The van der Waals surface area contributed by atoms with Crippen LogP contribution in [0.25, 0.3) is 0 Å². The number of hydrogen-bond donors (Lipinski definition) is 2. The van der Waals surface area contributed by atoms with Crippen LogP contribution in [-0.2, 0) is 11.3 Å². The second-order valence-electron chi connectivity index (χ2n) is 4.69. The third-order valence-corrected chi connectivity index (χ3v) is 2.95. The second kappa shape index (κ2) is 13.6. The maximum Gasteiger partial charge on any atom is 0.191 e. The summed E-state index contributed by atoms with van der Waals surface area (Å²) in [5.74, 6) is 1.69. The van der Waals surface area contributed by atoms with Crippen LogP contribution >= 0.6 is 24.0 Å². The molecule has 1 aromatic rings. The number of rotatable bonds is 9. The van der Waals surface area contributed by atoms with Gasteiger partial charge in [-0.3, -0.25) is 4.99 Å². The zero-order valence-corrected chi connectivity index (χ0v) is 16.1. The van der Waals surface area contributed by atoms with Crippen molar-refractivity contribution in [3.8, 4) is 5.75 Å². The average Bonchev–Trinajstić information content (AvgIpc) is 2.51. The summed E-state index contributed by atoms with van der Waals surface area (Å²) < 4.78 is 10.7. The first kappa shape index (κ1) is 21.0. The SMILES string of the molecule is CCCCOc1cccc(CNC(=NC)NCCOC)c1.I. The summed E-state index contributed by atoms with van der Waals surface area (Å²) in [7, 11) is 3.44. The van der Waals surface area contributed by atoms with Crippen LogP contribution in [0.1, 0.15) is 25.3 Å². The first-order chi connectivity index (χ1) is 10.3. The summed E-state index contributed by atoms with van der Waals surface area (Å²) in [5.41, 5.74) is 1.17. The normalized spacial score (nSPS) is 10.8. The number of benzene rings is 1. The molecule has 0 heterocycles. The van der Waals surface area contributed by atoms with Crippen molar-refractivity contribution in [2.45, 2.75) is 26.3 Å². The van der Waals surface area contributed by atoms with E-state index in [0.29, 0.717) is 13.2 Å². The van der Waals surface area contributed by atoms with Crippen LogP contribution in [0.15, 0.2) is 29.3 Å². The molecule has 0 saturated carbocycles. The number of methoxy groups -OCH3 is 1. The molecule has 2 N–H and O–H groups in total. The molecule has 0 aliphatic carbocycles. The van der Waals surface area contributed by atoms with Gasteiger partial charge in [0, 0.05) is 27.2 Å². The molecule has 0 fully saturated rings. The Balaban J connectivity index is 0.00000441. The van der Waals surface area contributed by atoms with E-state index in [-0.39, 0.29) is 24.0 Å². The fourth-order valence-electron chi connectivity index (χ4n) is 1.76. The molecule has 22 heavy (non-hydrogen) atoms. The number of unbranched alkanes of at least 4 members (excludes halogenated alkanes) is 1. The number of guanidine groups is 1. The van der Waals surface area contributed by atoms with Gasteiger partial charge < -0.3 is 20.1 Å². The van der Waals surface area contributed by atoms with E-state index in [1.54, 1.807) is 14.2 Å². The summed E-state index contributed by atoms with van der Waals surface area (Å²) in [5, 5.41) is 6.45. The summed E-state index contributed by atoms with van der Waals surface area (Å²) in [6, 6.07) is 8.14. The third kappa shape index (κ3) is 9.09. The molecule has 0 aromatic heterocycles. The van der Waals surface area contributed by atoms with Gasteiger partial charge in [0.1, 0.15) is 5.75 Å². The highest BCUT2D eigenvalue weighted by molar-refractivity contribution is 14.0. The highest BCUT2D eigenvalue weighted by Crippen LogP contribution is 2.13. The lowest BCUT2D eigenvalue weighted by molar-refractivity contribution is 0.203. The topological polar surface area (TPSA) is 54.9 Å². The minimum atomic E-state index is 0. The largest absolute Gasteiger partial charge is 0.494 e.